The van der Waals surface area contributed by atoms with E-state index >= 15 is 0 Å². The van der Waals surface area contributed by atoms with Crippen LogP contribution in [0.1, 0.15) is 24.4 Å². The molecule has 0 amide bonds. The topological polar surface area (TPSA) is 49.0 Å². The van der Waals surface area contributed by atoms with Crippen LogP contribution in [0.5, 0.6) is 0 Å². The van der Waals surface area contributed by atoms with E-state index in [1.165, 1.54) is 18.6 Å². The highest BCUT2D eigenvalue weighted by molar-refractivity contribution is 7.98. The van der Waals surface area contributed by atoms with Gasteiger partial charge in [-0.2, -0.15) is 17.0 Å². The molecule has 0 spiro atoms. The highest BCUT2D eigenvalue weighted by Crippen LogP contribution is 2.05. The Balaban J connectivity index is 2.07. The molecule has 3 nitrogen and oxygen atoms in total. The molecule has 1 N–H and O–H groups in total. The maximum atomic E-state index is 8.55. The van der Waals surface area contributed by atoms with Gasteiger partial charge in [0.15, 0.2) is 0 Å². The maximum Gasteiger partial charge on any atom is 0.203 e. The standard InChI is InChI=1S/C11H16N2OS/c1-15-7-3-2-6-13-9-11-5-4-10(8-12)14-11/h4-5,13H,2-3,6-7,9H2,1H3. The number of unbranched alkanes of at least 4 members (excludes halogenated alkanes) is 1. The number of thioether (sulfide) groups is 1. The summed E-state index contributed by atoms with van der Waals surface area (Å²) < 4.78 is 5.23. The number of hydrogen-bond acceptors (Lipinski definition) is 4. The van der Waals surface area contributed by atoms with Crippen molar-refractivity contribution in [2.24, 2.45) is 0 Å². The van der Waals surface area contributed by atoms with Gasteiger partial charge in [-0.3, -0.25) is 0 Å². The molecule has 0 unspecified atom stereocenters. The molecule has 0 atom stereocenters. The summed E-state index contributed by atoms with van der Waals surface area (Å²) >= 11 is 1.88. The van der Waals surface area contributed by atoms with Crippen molar-refractivity contribution >= 4 is 11.8 Å². The maximum absolute atomic E-state index is 8.55. The van der Waals surface area contributed by atoms with Crippen LogP contribution in [-0.2, 0) is 6.54 Å². The third kappa shape index (κ3) is 4.91. The number of furan rings is 1. The fourth-order valence-corrected chi connectivity index (χ4v) is 1.73. The Morgan fingerprint density at radius 2 is 2.33 bits per heavy atom. The van der Waals surface area contributed by atoms with Gasteiger partial charge in [-0.1, -0.05) is 0 Å². The van der Waals surface area contributed by atoms with Crippen molar-refractivity contribution in [1.82, 2.24) is 5.32 Å². The van der Waals surface area contributed by atoms with Crippen molar-refractivity contribution in [1.29, 1.82) is 5.26 Å². The first-order valence-electron chi connectivity index (χ1n) is 5.05. The molecule has 1 heterocycles. The quantitative estimate of drug-likeness (QED) is 0.722. The summed E-state index contributed by atoms with van der Waals surface area (Å²) in [5, 5.41) is 11.8. The minimum atomic E-state index is 0.384. The first-order valence-corrected chi connectivity index (χ1v) is 6.44. The molecule has 15 heavy (non-hydrogen) atoms. The second kappa shape index (κ2) is 7.38. The first-order chi connectivity index (χ1) is 7.36. The van der Waals surface area contributed by atoms with Gasteiger partial charge in [0.2, 0.25) is 5.76 Å². The zero-order valence-electron chi connectivity index (χ0n) is 8.95. The number of rotatable bonds is 7. The van der Waals surface area contributed by atoms with E-state index in [1.54, 1.807) is 6.07 Å². The van der Waals surface area contributed by atoms with Gasteiger partial charge in [0.25, 0.3) is 0 Å². The van der Waals surface area contributed by atoms with E-state index in [0.29, 0.717) is 12.3 Å². The number of hydrogen-bond donors (Lipinski definition) is 1. The van der Waals surface area contributed by atoms with Crippen LogP contribution < -0.4 is 5.32 Å². The van der Waals surface area contributed by atoms with Gasteiger partial charge in [-0.25, -0.2) is 0 Å². The van der Waals surface area contributed by atoms with Gasteiger partial charge < -0.3 is 9.73 Å². The minimum Gasteiger partial charge on any atom is -0.449 e. The van der Waals surface area contributed by atoms with Crippen molar-refractivity contribution in [2.45, 2.75) is 19.4 Å². The fraction of sp³-hybridized carbons (Fsp3) is 0.545. The number of nitriles is 1. The van der Waals surface area contributed by atoms with Crippen molar-refractivity contribution in [3.05, 3.63) is 23.7 Å². The highest BCUT2D eigenvalue weighted by Gasteiger charge is 1.99. The smallest absolute Gasteiger partial charge is 0.203 e. The lowest BCUT2D eigenvalue weighted by Gasteiger charge is -2.01. The Kier molecular flexibility index (Phi) is 5.98. The molecule has 0 aromatic carbocycles. The lowest BCUT2D eigenvalue weighted by Crippen LogP contribution is -2.14. The van der Waals surface area contributed by atoms with Gasteiger partial charge in [-0.15, -0.1) is 0 Å². The highest BCUT2D eigenvalue weighted by atomic mass is 32.2. The lowest BCUT2D eigenvalue weighted by atomic mass is 10.3. The van der Waals surface area contributed by atoms with Crippen LogP contribution in [0.4, 0.5) is 0 Å². The summed E-state index contributed by atoms with van der Waals surface area (Å²) in [6.45, 7) is 1.71. The lowest BCUT2D eigenvalue weighted by molar-refractivity contribution is 0.472. The third-order valence-electron chi connectivity index (χ3n) is 2.02. The Morgan fingerprint density at radius 3 is 3.00 bits per heavy atom. The third-order valence-corrected chi connectivity index (χ3v) is 2.72. The Bertz CT molecular complexity index is 317. The van der Waals surface area contributed by atoms with E-state index < -0.39 is 0 Å². The second-order valence-corrected chi connectivity index (χ2v) is 4.24. The monoisotopic (exact) mass is 224 g/mol. The van der Waals surface area contributed by atoms with Crippen LogP contribution in [0.15, 0.2) is 16.5 Å². The summed E-state index contributed by atoms with van der Waals surface area (Å²) in [7, 11) is 0. The first kappa shape index (κ1) is 12.2. The van der Waals surface area contributed by atoms with Crippen molar-refractivity contribution < 1.29 is 4.42 Å². The van der Waals surface area contributed by atoms with E-state index in [0.717, 1.165) is 12.3 Å². The molecule has 4 heteroatoms. The van der Waals surface area contributed by atoms with Gasteiger partial charge in [0, 0.05) is 0 Å². The molecule has 0 aliphatic rings. The second-order valence-electron chi connectivity index (χ2n) is 3.25. The molecule has 0 fully saturated rings. The molecule has 0 aliphatic heterocycles. The Labute approximate surface area is 94.8 Å². The predicted molar refractivity (Wildman–Crippen MR) is 62.7 cm³/mol. The number of nitrogens with zero attached hydrogens (tertiary/aromatic N) is 1. The van der Waals surface area contributed by atoms with Gasteiger partial charge >= 0.3 is 0 Å². The summed E-state index contributed by atoms with van der Waals surface area (Å²) in [5.74, 6) is 2.44. The Morgan fingerprint density at radius 1 is 1.47 bits per heavy atom. The zero-order chi connectivity index (χ0) is 10.9. The van der Waals surface area contributed by atoms with Crippen LogP contribution in [0, 0.1) is 11.3 Å². The molecule has 0 saturated heterocycles. The van der Waals surface area contributed by atoms with Crippen LogP contribution in [0.2, 0.25) is 0 Å². The molecular weight excluding hydrogens is 208 g/mol. The largest absolute Gasteiger partial charge is 0.449 e. The van der Waals surface area contributed by atoms with E-state index in [9.17, 15) is 0 Å². The zero-order valence-corrected chi connectivity index (χ0v) is 9.77. The predicted octanol–water partition coefficient (Wildman–Crippen LogP) is 2.38. The fourth-order valence-electron chi connectivity index (χ4n) is 1.24. The molecule has 1 aromatic rings. The van der Waals surface area contributed by atoms with E-state index in [-0.39, 0.29) is 0 Å². The molecule has 0 bridgehead atoms. The SMILES string of the molecule is CSCCCCNCc1ccc(C#N)o1. The van der Waals surface area contributed by atoms with Crippen LogP contribution >= 0.6 is 11.8 Å². The summed E-state index contributed by atoms with van der Waals surface area (Å²) in [6.07, 6.45) is 4.56. The minimum absolute atomic E-state index is 0.384. The summed E-state index contributed by atoms with van der Waals surface area (Å²) in [6, 6.07) is 5.51. The average Bonchev–Trinajstić information content (AvgIpc) is 2.71. The average molecular weight is 224 g/mol. The van der Waals surface area contributed by atoms with Crippen molar-refractivity contribution in [2.75, 3.05) is 18.6 Å². The summed E-state index contributed by atoms with van der Waals surface area (Å²) in [4.78, 5) is 0. The molecule has 82 valence electrons. The molecule has 1 aromatic heterocycles. The molecule has 0 radical (unpaired) electrons. The van der Waals surface area contributed by atoms with Crippen LogP contribution in [0.25, 0.3) is 0 Å². The number of nitrogens with one attached hydrogen (secondary N) is 1. The van der Waals surface area contributed by atoms with E-state index in [2.05, 4.69) is 11.6 Å². The van der Waals surface area contributed by atoms with Crippen molar-refractivity contribution in [3.8, 4) is 6.07 Å². The van der Waals surface area contributed by atoms with E-state index in [4.69, 9.17) is 9.68 Å². The molecule has 0 aliphatic carbocycles. The molecule has 0 saturated carbocycles. The normalized spacial score (nSPS) is 10.1. The van der Waals surface area contributed by atoms with Crippen LogP contribution in [-0.4, -0.2) is 18.6 Å². The molecule has 1 rings (SSSR count). The van der Waals surface area contributed by atoms with Gasteiger partial charge in [0.1, 0.15) is 11.8 Å². The van der Waals surface area contributed by atoms with Crippen molar-refractivity contribution in [3.63, 3.8) is 0 Å². The van der Waals surface area contributed by atoms with Gasteiger partial charge in [-0.05, 0) is 43.5 Å². The Hall–Kier alpha value is -0.920. The summed E-state index contributed by atoms with van der Waals surface area (Å²) in [5.41, 5.74) is 0. The van der Waals surface area contributed by atoms with E-state index in [1.807, 2.05) is 23.9 Å². The molecular formula is C11H16N2OS. The van der Waals surface area contributed by atoms with Crippen LogP contribution in [0.3, 0.4) is 0 Å². The van der Waals surface area contributed by atoms with Gasteiger partial charge in [0.05, 0.1) is 6.54 Å².